The maximum Gasteiger partial charge on any atom is 0.196 e. The highest BCUT2D eigenvalue weighted by Crippen LogP contribution is 1.94. The second-order valence-corrected chi connectivity index (χ2v) is 2.97. The first-order chi connectivity index (χ1) is 6.24. The van der Waals surface area contributed by atoms with E-state index in [2.05, 4.69) is 17.3 Å². The molecular formula is C9H15N3O. The molecule has 0 aliphatic rings. The minimum atomic E-state index is 0.0500. The Bertz CT molecular complexity index is 280. The number of carbonyl (C=O) groups is 1. The Balaban J connectivity index is 2.40. The Hall–Kier alpha value is -1.16. The molecule has 1 rings (SSSR count). The average Bonchev–Trinajstić information content (AvgIpc) is 2.52. The van der Waals surface area contributed by atoms with Crippen molar-refractivity contribution < 1.29 is 4.79 Å². The molecule has 1 aromatic rings. The summed E-state index contributed by atoms with van der Waals surface area (Å²) in [7, 11) is 1.80. The molecule has 0 saturated heterocycles. The van der Waals surface area contributed by atoms with Crippen molar-refractivity contribution in [3.05, 3.63) is 18.0 Å². The number of hydrogen-bond donors (Lipinski definition) is 1. The molecule has 72 valence electrons. The van der Waals surface area contributed by atoms with Crippen molar-refractivity contribution in [3.8, 4) is 0 Å². The summed E-state index contributed by atoms with van der Waals surface area (Å²) < 4.78 is 1.63. The lowest BCUT2D eigenvalue weighted by Gasteiger charge is -1.98. The van der Waals surface area contributed by atoms with Crippen molar-refractivity contribution in [2.45, 2.75) is 13.3 Å². The van der Waals surface area contributed by atoms with Gasteiger partial charge in [0.2, 0.25) is 0 Å². The molecule has 0 aliphatic carbocycles. The molecule has 0 radical (unpaired) electrons. The van der Waals surface area contributed by atoms with Gasteiger partial charge in [-0.25, -0.2) is 0 Å². The van der Waals surface area contributed by atoms with Crippen molar-refractivity contribution in [2.75, 3.05) is 13.1 Å². The van der Waals surface area contributed by atoms with Gasteiger partial charge in [-0.15, -0.1) is 0 Å². The van der Waals surface area contributed by atoms with E-state index < -0.39 is 0 Å². The quantitative estimate of drug-likeness (QED) is 0.534. The fourth-order valence-corrected chi connectivity index (χ4v) is 1.03. The highest BCUT2D eigenvalue weighted by molar-refractivity contribution is 5.95. The summed E-state index contributed by atoms with van der Waals surface area (Å²) in [5.74, 6) is 0.0500. The molecule has 1 N–H and O–H groups in total. The number of aryl methyl sites for hydroxylation is 1. The van der Waals surface area contributed by atoms with Gasteiger partial charge in [-0.2, -0.15) is 5.10 Å². The summed E-state index contributed by atoms with van der Waals surface area (Å²) in [4.78, 5) is 11.4. The predicted molar refractivity (Wildman–Crippen MR) is 50.7 cm³/mol. The van der Waals surface area contributed by atoms with Crippen LogP contribution in [0.1, 0.15) is 23.8 Å². The van der Waals surface area contributed by atoms with Crippen LogP contribution in [0.2, 0.25) is 0 Å². The number of Topliss-reactive ketones (excluding diaryl/α,β-unsaturated/α-hetero) is 1. The fourth-order valence-electron chi connectivity index (χ4n) is 1.03. The summed E-state index contributed by atoms with van der Waals surface area (Å²) >= 11 is 0. The first kappa shape index (κ1) is 9.92. The molecule has 13 heavy (non-hydrogen) atoms. The van der Waals surface area contributed by atoms with E-state index in [0.29, 0.717) is 12.2 Å². The summed E-state index contributed by atoms with van der Waals surface area (Å²) in [5.41, 5.74) is 0.533. The second kappa shape index (κ2) is 4.77. The van der Waals surface area contributed by atoms with Gasteiger partial charge in [0.1, 0.15) is 5.69 Å². The number of nitrogens with zero attached hydrogens (tertiary/aromatic N) is 2. The third kappa shape index (κ3) is 2.99. The molecule has 0 aromatic carbocycles. The topological polar surface area (TPSA) is 46.9 Å². The van der Waals surface area contributed by atoms with Gasteiger partial charge in [0, 0.05) is 13.2 Å². The Morgan fingerprint density at radius 2 is 2.46 bits per heavy atom. The molecule has 0 fully saturated rings. The molecule has 0 unspecified atom stereocenters. The molecule has 0 aliphatic heterocycles. The van der Waals surface area contributed by atoms with Crippen molar-refractivity contribution >= 4 is 5.78 Å². The van der Waals surface area contributed by atoms with Crippen LogP contribution in [0.4, 0.5) is 0 Å². The van der Waals surface area contributed by atoms with Gasteiger partial charge in [0.15, 0.2) is 5.78 Å². The fraction of sp³-hybridized carbons (Fsp3) is 0.556. The molecule has 4 nitrogen and oxygen atoms in total. The Kier molecular flexibility index (Phi) is 3.64. The minimum absolute atomic E-state index is 0.0500. The largest absolute Gasteiger partial charge is 0.310 e. The van der Waals surface area contributed by atoms with Crippen LogP contribution in [0.15, 0.2) is 12.3 Å². The summed E-state index contributed by atoms with van der Waals surface area (Å²) in [6.07, 6.45) is 2.81. The summed E-state index contributed by atoms with van der Waals surface area (Å²) in [5, 5.41) is 7.06. The predicted octanol–water partition coefficient (Wildman–Crippen LogP) is 0.602. The number of carbonyl (C=O) groups excluding carboxylic acids is 1. The number of nitrogens with one attached hydrogen (secondary N) is 1. The molecule has 0 atom stereocenters. The zero-order valence-corrected chi connectivity index (χ0v) is 8.08. The summed E-state index contributed by atoms with van der Waals surface area (Å²) in [6.45, 7) is 3.32. The molecule has 0 spiro atoms. The normalized spacial score (nSPS) is 10.3. The molecule has 1 aromatic heterocycles. The van der Waals surface area contributed by atoms with E-state index in [1.54, 1.807) is 24.0 Å². The van der Waals surface area contributed by atoms with Crippen molar-refractivity contribution in [1.29, 1.82) is 0 Å². The lowest BCUT2D eigenvalue weighted by molar-refractivity contribution is 0.0986. The maximum atomic E-state index is 11.4. The van der Waals surface area contributed by atoms with Gasteiger partial charge in [0.05, 0.1) is 6.54 Å². The minimum Gasteiger partial charge on any atom is -0.310 e. The van der Waals surface area contributed by atoms with Crippen molar-refractivity contribution in [1.82, 2.24) is 15.1 Å². The average molecular weight is 181 g/mol. The highest BCUT2D eigenvalue weighted by atomic mass is 16.1. The molecule has 0 amide bonds. The zero-order valence-electron chi connectivity index (χ0n) is 8.08. The molecular weight excluding hydrogens is 166 g/mol. The van der Waals surface area contributed by atoms with Gasteiger partial charge >= 0.3 is 0 Å². The molecule has 1 heterocycles. The van der Waals surface area contributed by atoms with Crippen molar-refractivity contribution in [3.63, 3.8) is 0 Å². The first-order valence-electron chi connectivity index (χ1n) is 4.47. The van der Waals surface area contributed by atoms with Crippen LogP contribution in [-0.2, 0) is 7.05 Å². The standard InChI is InChI=1S/C9H15N3O/c1-3-5-10-7-9(13)8-4-6-12(2)11-8/h4,6,10H,3,5,7H2,1-2H3. The van der Waals surface area contributed by atoms with Crippen LogP contribution in [-0.4, -0.2) is 28.7 Å². The molecule has 4 heteroatoms. The zero-order chi connectivity index (χ0) is 9.68. The third-order valence-corrected chi connectivity index (χ3v) is 1.71. The first-order valence-corrected chi connectivity index (χ1v) is 4.47. The van der Waals surface area contributed by atoms with Crippen LogP contribution in [0.25, 0.3) is 0 Å². The monoisotopic (exact) mass is 181 g/mol. The third-order valence-electron chi connectivity index (χ3n) is 1.71. The number of ketones is 1. The van der Waals surface area contributed by atoms with Gasteiger partial charge < -0.3 is 5.32 Å². The summed E-state index contributed by atoms with van der Waals surface area (Å²) in [6, 6.07) is 1.73. The second-order valence-electron chi connectivity index (χ2n) is 2.97. The highest BCUT2D eigenvalue weighted by Gasteiger charge is 2.06. The van der Waals surface area contributed by atoms with E-state index in [4.69, 9.17) is 0 Å². The van der Waals surface area contributed by atoms with Crippen LogP contribution in [0.5, 0.6) is 0 Å². The lowest BCUT2D eigenvalue weighted by atomic mass is 10.3. The van der Waals surface area contributed by atoms with Gasteiger partial charge in [-0.05, 0) is 19.0 Å². The van der Waals surface area contributed by atoms with Crippen molar-refractivity contribution in [2.24, 2.45) is 7.05 Å². The van der Waals surface area contributed by atoms with Gasteiger partial charge in [0.25, 0.3) is 0 Å². The van der Waals surface area contributed by atoms with Crippen LogP contribution in [0.3, 0.4) is 0 Å². The Morgan fingerprint density at radius 3 is 3.00 bits per heavy atom. The van der Waals surface area contributed by atoms with Gasteiger partial charge in [-0.3, -0.25) is 9.48 Å². The number of aromatic nitrogens is 2. The van der Waals surface area contributed by atoms with E-state index in [9.17, 15) is 4.79 Å². The Labute approximate surface area is 77.9 Å². The van der Waals surface area contributed by atoms with E-state index in [-0.39, 0.29) is 5.78 Å². The molecule has 0 bridgehead atoms. The van der Waals surface area contributed by atoms with E-state index >= 15 is 0 Å². The number of rotatable bonds is 5. The van der Waals surface area contributed by atoms with Gasteiger partial charge in [-0.1, -0.05) is 6.92 Å². The SMILES string of the molecule is CCCNCC(=O)c1ccn(C)n1. The van der Waals surface area contributed by atoms with Crippen LogP contribution in [0, 0.1) is 0 Å². The smallest absolute Gasteiger partial charge is 0.196 e. The van der Waals surface area contributed by atoms with Crippen LogP contribution >= 0.6 is 0 Å². The maximum absolute atomic E-state index is 11.4. The van der Waals surface area contributed by atoms with E-state index in [1.807, 2.05) is 0 Å². The molecule has 0 saturated carbocycles. The number of hydrogen-bond acceptors (Lipinski definition) is 3. The van der Waals surface area contributed by atoms with E-state index in [1.165, 1.54) is 0 Å². The van der Waals surface area contributed by atoms with E-state index in [0.717, 1.165) is 13.0 Å². The lowest BCUT2D eigenvalue weighted by Crippen LogP contribution is -2.24. The Morgan fingerprint density at radius 1 is 1.69 bits per heavy atom. The van der Waals surface area contributed by atoms with Crippen LogP contribution < -0.4 is 5.32 Å².